The van der Waals surface area contributed by atoms with Crippen molar-refractivity contribution in [1.82, 2.24) is 5.32 Å². The Balaban J connectivity index is 2.25. The lowest BCUT2D eigenvalue weighted by Gasteiger charge is -2.40. The first-order valence-electron chi connectivity index (χ1n) is 6.49. The Labute approximate surface area is 118 Å². The molecule has 0 radical (unpaired) electrons. The highest BCUT2D eigenvalue weighted by molar-refractivity contribution is 9.10. The molecule has 2 rings (SSSR count). The van der Waals surface area contributed by atoms with Crippen LogP contribution >= 0.6 is 15.9 Å². The second-order valence-electron chi connectivity index (χ2n) is 4.84. The Bertz CT molecular complexity index is 411. The third-order valence-electron chi connectivity index (χ3n) is 3.55. The molecule has 0 bridgehead atoms. The topological polar surface area (TPSA) is 24.5 Å². The maximum Gasteiger partial charge on any atom is 0.133 e. The summed E-state index contributed by atoms with van der Waals surface area (Å²) in [7, 11) is 1.70. The molecule has 2 unspecified atom stereocenters. The van der Waals surface area contributed by atoms with Crippen molar-refractivity contribution >= 4 is 21.6 Å². The lowest BCUT2D eigenvalue weighted by molar-refractivity contribution is 0.400. The van der Waals surface area contributed by atoms with E-state index in [1.807, 2.05) is 6.07 Å². The molecule has 2 atom stereocenters. The van der Waals surface area contributed by atoms with E-state index in [0.717, 1.165) is 29.7 Å². The second kappa shape index (κ2) is 5.93. The predicted octanol–water partition coefficient (Wildman–Crippen LogP) is 3.03. The molecule has 100 valence electrons. The zero-order valence-electron chi connectivity index (χ0n) is 11.2. The highest BCUT2D eigenvalue weighted by Gasteiger charge is 2.24. The van der Waals surface area contributed by atoms with Crippen LogP contribution in [-0.2, 0) is 0 Å². The van der Waals surface area contributed by atoms with E-state index in [4.69, 9.17) is 4.74 Å². The van der Waals surface area contributed by atoms with Crippen LogP contribution in [0.1, 0.15) is 20.3 Å². The van der Waals surface area contributed by atoms with Crippen LogP contribution in [0.25, 0.3) is 0 Å². The minimum atomic E-state index is 0.536. The fourth-order valence-corrected chi connectivity index (χ4v) is 3.00. The summed E-state index contributed by atoms with van der Waals surface area (Å²) in [6.45, 7) is 6.59. The number of hydrogen-bond acceptors (Lipinski definition) is 3. The van der Waals surface area contributed by atoms with E-state index in [1.165, 1.54) is 5.69 Å². The molecular formula is C14H21BrN2O. The number of halogens is 1. The molecule has 0 aromatic heterocycles. The Morgan fingerprint density at radius 1 is 1.50 bits per heavy atom. The van der Waals surface area contributed by atoms with Crippen LogP contribution in [0.5, 0.6) is 5.75 Å². The highest BCUT2D eigenvalue weighted by Crippen LogP contribution is 2.31. The van der Waals surface area contributed by atoms with Gasteiger partial charge < -0.3 is 15.0 Å². The Morgan fingerprint density at radius 2 is 2.28 bits per heavy atom. The van der Waals surface area contributed by atoms with Gasteiger partial charge in [-0.25, -0.2) is 0 Å². The fraction of sp³-hybridized carbons (Fsp3) is 0.571. The second-order valence-corrected chi connectivity index (χ2v) is 5.70. The maximum absolute atomic E-state index is 5.28. The summed E-state index contributed by atoms with van der Waals surface area (Å²) in [5, 5.41) is 3.54. The van der Waals surface area contributed by atoms with Crippen molar-refractivity contribution < 1.29 is 4.74 Å². The Kier molecular flexibility index (Phi) is 4.51. The van der Waals surface area contributed by atoms with E-state index in [9.17, 15) is 0 Å². The molecule has 1 aliphatic heterocycles. The highest BCUT2D eigenvalue weighted by atomic mass is 79.9. The molecule has 0 saturated carbocycles. The van der Waals surface area contributed by atoms with Gasteiger partial charge in [-0.05, 0) is 47.5 Å². The van der Waals surface area contributed by atoms with Gasteiger partial charge >= 0.3 is 0 Å². The van der Waals surface area contributed by atoms with Gasteiger partial charge in [-0.3, -0.25) is 0 Å². The number of nitrogens with one attached hydrogen (secondary N) is 1. The number of rotatable bonds is 3. The molecule has 1 saturated heterocycles. The molecule has 1 N–H and O–H groups in total. The largest absolute Gasteiger partial charge is 0.496 e. The molecule has 1 aromatic rings. The van der Waals surface area contributed by atoms with E-state index in [1.54, 1.807) is 7.11 Å². The zero-order chi connectivity index (χ0) is 13.1. The molecule has 1 fully saturated rings. The first kappa shape index (κ1) is 13.7. The molecular weight excluding hydrogens is 292 g/mol. The first-order chi connectivity index (χ1) is 8.65. The van der Waals surface area contributed by atoms with E-state index >= 15 is 0 Å². The van der Waals surface area contributed by atoms with Crippen molar-refractivity contribution in [2.75, 3.05) is 25.1 Å². The van der Waals surface area contributed by atoms with Crippen molar-refractivity contribution in [2.45, 2.75) is 32.4 Å². The van der Waals surface area contributed by atoms with Gasteiger partial charge in [0.1, 0.15) is 5.75 Å². The molecule has 18 heavy (non-hydrogen) atoms. The van der Waals surface area contributed by atoms with Gasteiger partial charge in [0.05, 0.1) is 11.6 Å². The van der Waals surface area contributed by atoms with Crippen LogP contribution in [0.15, 0.2) is 22.7 Å². The third kappa shape index (κ3) is 2.81. The van der Waals surface area contributed by atoms with Gasteiger partial charge in [0.2, 0.25) is 0 Å². The quantitative estimate of drug-likeness (QED) is 0.928. The molecule has 1 heterocycles. The number of anilines is 1. The zero-order valence-corrected chi connectivity index (χ0v) is 12.8. The average Bonchev–Trinajstić information content (AvgIpc) is 2.38. The van der Waals surface area contributed by atoms with Crippen molar-refractivity contribution in [1.29, 1.82) is 0 Å². The first-order valence-corrected chi connectivity index (χ1v) is 7.28. The van der Waals surface area contributed by atoms with Crippen LogP contribution in [0.3, 0.4) is 0 Å². The molecule has 0 spiro atoms. The SMILES string of the molecule is CCC1CNC(C)CN1c1ccc(OC)c(Br)c1. The number of ether oxygens (including phenoxy) is 1. The van der Waals surface area contributed by atoms with Gasteiger partial charge in [-0.15, -0.1) is 0 Å². The predicted molar refractivity (Wildman–Crippen MR) is 79.6 cm³/mol. The molecule has 1 aliphatic rings. The summed E-state index contributed by atoms with van der Waals surface area (Å²) < 4.78 is 6.30. The molecule has 3 nitrogen and oxygen atoms in total. The van der Waals surface area contributed by atoms with E-state index in [-0.39, 0.29) is 0 Å². The number of methoxy groups -OCH3 is 1. The number of benzene rings is 1. The number of nitrogens with zero attached hydrogens (tertiary/aromatic N) is 1. The van der Waals surface area contributed by atoms with Crippen LogP contribution in [0.2, 0.25) is 0 Å². The number of hydrogen-bond donors (Lipinski definition) is 1. The minimum absolute atomic E-state index is 0.536. The minimum Gasteiger partial charge on any atom is -0.496 e. The normalized spacial score (nSPS) is 24.1. The summed E-state index contributed by atoms with van der Waals surface area (Å²) >= 11 is 3.56. The summed E-state index contributed by atoms with van der Waals surface area (Å²) in [6, 6.07) is 7.43. The summed E-state index contributed by atoms with van der Waals surface area (Å²) in [4.78, 5) is 2.49. The average molecular weight is 313 g/mol. The Hall–Kier alpha value is -0.740. The van der Waals surface area contributed by atoms with Crippen molar-refractivity contribution in [3.8, 4) is 5.75 Å². The van der Waals surface area contributed by atoms with E-state index in [0.29, 0.717) is 12.1 Å². The van der Waals surface area contributed by atoms with Gasteiger partial charge in [0.15, 0.2) is 0 Å². The lowest BCUT2D eigenvalue weighted by Crippen LogP contribution is -2.55. The van der Waals surface area contributed by atoms with Gasteiger partial charge in [-0.1, -0.05) is 6.92 Å². The standard InChI is InChI=1S/C14H21BrN2O/c1-4-11-8-16-10(2)9-17(11)12-5-6-14(18-3)13(15)7-12/h5-7,10-11,16H,4,8-9H2,1-3H3. The van der Waals surface area contributed by atoms with Crippen LogP contribution < -0.4 is 15.0 Å². The smallest absolute Gasteiger partial charge is 0.133 e. The Morgan fingerprint density at radius 3 is 2.89 bits per heavy atom. The molecule has 1 aromatic carbocycles. The molecule has 4 heteroatoms. The van der Waals surface area contributed by atoms with Crippen molar-refractivity contribution in [3.05, 3.63) is 22.7 Å². The summed E-state index contributed by atoms with van der Waals surface area (Å²) in [5.74, 6) is 0.884. The lowest BCUT2D eigenvalue weighted by atomic mass is 10.1. The van der Waals surface area contributed by atoms with E-state index < -0.39 is 0 Å². The monoisotopic (exact) mass is 312 g/mol. The fourth-order valence-electron chi connectivity index (χ4n) is 2.47. The molecule has 0 amide bonds. The third-order valence-corrected chi connectivity index (χ3v) is 4.17. The van der Waals surface area contributed by atoms with Crippen LogP contribution in [0.4, 0.5) is 5.69 Å². The van der Waals surface area contributed by atoms with Gasteiger partial charge in [-0.2, -0.15) is 0 Å². The number of piperazine rings is 1. The van der Waals surface area contributed by atoms with Crippen LogP contribution in [-0.4, -0.2) is 32.3 Å². The van der Waals surface area contributed by atoms with E-state index in [2.05, 4.69) is 52.1 Å². The summed E-state index contributed by atoms with van der Waals surface area (Å²) in [5.41, 5.74) is 1.27. The maximum atomic E-state index is 5.28. The van der Waals surface area contributed by atoms with Crippen molar-refractivity contribution in [2.24, 2.45) is 0 Å². The summed E-state index contributed by atoms with van der Waals surface area (Å²) in [6.07, 6.45) is 1.16. The van der Waals surface area contributed by atoms with Crippen LogP contribution in [0, 0.1) is 0 Å². The molecule has 0 aliphatic carbocycles. The van der Waals surface area contributed by atoms with Gasteiger partial charge in [0, 0.05) is 30.9 Å². The van der Waals surface area contributed by atoms with Crippen molar-refractivity contribution in [3.63, 3.8) is 0 Å². The van der Waals surface area contributed by atoms with Gasteiger partial charge in [0.25, 0.3) is 0 Å².